The molecule has 126 valence electrons. The lowest BCUT2D eigenvalue weighted by atomic mass is 10.1. The zero-order chi connectivity index (χ0) is 17.7. The molecular weight excluding hydrogens is 394 g/mol. The van der Waals surface area contributed by atoms with Gasteiger partial charge in [-0.1, -0.05) is 45.8 Å². The van der Waals surface area contributed by atoms with Gasteiger partial charge in [0, 0.05) is 10.4 Å². The molecule has 0 heterocycles. The first-order valence-corrected chi connectivity index (χ1v) is 9.61. The normalized spacial score (nSPS) is 26.1. The zero-order valence-electron chi connectivity index (χ0n) is 12.8. The van der Waals surface area contributed by atoms with Crippen LogP contribution in [0.3, 0.4) is 0 Å². The lowest BCUT2D eigenvalue weighted by Gasteiger charge is -2.07. The van der Waals surface area contributed by atoms with Crippen LogP contribution in [0.25, 0.3) is 0 Å². The van der Waals surface area contributed by atoms with E-state index in [0.29, 0.717) is 5.56 Å². The summed E-state index contributed by atoms with van der Waals surface area (Å²) in [5, 5.41) is 8.34. The predicted molar refractivity (Wildman–Crippen MR) is 93.6 cm³/mol. The van der Waals surface area contributed by atoms with Crippen molar-refractivity contribution < 1.29 is 18.3 Å². The zero-order valence-corrected chi connectivity index (χ0v) is 15.2. The maximum Gasteiger partial charge on any atom is 0.325 e. The Morgan fingerprint density at radius 3 is 2.17 bits per heavy atom. The largest absolute Gasteiger partial charge is 0.480 e. The maximum absolute atomic E-state index is 12.9. The number of benzene rings is 2. The minimum absolute atomic E-state index is 0.0915. The van der Waals surface area contributed by atoms with Crippen LogP contribution in [0, 0.1) is 6.92 Å². The van der Waals surface area contributed by atoms with Gasteiger partial charge in [0.05, 0.1) is 4.90 Å². The van der Waals surface area contributed by atoms with Gasteiger partial charge in [-0.25, -0.2) is 8.42 Å². The Hall–Kier alpha value is -1.70. The molecule has 1 aliphatic carbocycles. The molecule has 2 aromatic carbocycles. The Bertz CT molecular complexity index is 893. The number of hydrogen-bond donors (Lipinski definition) is 2. The summed E-state index contributed by atoms with van der Waals surface area (Å²) in [6, 6.07) is 13.2. The molecule has 0 aromatic heterocycles. The van der Waals surface area contributed by atoms with Crippen LogP contribution >= 0.6 is 15.9 Å². The molecule has 2 aromatic rings. The highest BCUT2D eigenvalue weighted by Gasteiger charge is 2.74. The molecule has 0 amide bonds. The van der Waals surface area contributed by atoms with Crippen molar-refractivity contribution in [2.45, 2.75) is 28.5 Å². The quantitative estimate of drug-likeness (QED) is 0.807. The van der Waals surface area contributed by atoms with Crippen molar-refractivity contribution in [3.8, 4) is 0 Å². The van der Waals surface area contributed by atoms with Crippen molar-refractivity contribution in [3.05, 3.63) is 64.1 Å². The third-order valence-electron chi connectivity index (χ3n) is 4.46. The first-order chi connectivity index (χ1) is 11.2. The molecular formula is C17H16BrNO4S. The second-order valence-electron chi connectivity index (χ2n) is 6.05. The number of sulfone groups is 1. The first-order valence-electron chi connectivity index (χ1n) is 7.27. The number of hydrogen-bond acceptors (Lipinski definition) is 4. The second kappa shape index (κ2) is 5.68. The van der Waals surface area contributed by atoms with Crippen molar-refractivity contribution in [1.29, 1.82) is 0 Å². The van der Waals surface area contributed by atoms with Crippen LogP contribution < -0.4 is 5.73 Å². The van der Waals surface area contributed by atoms with Crippen LogP contribution in [-0.4, -0.2) is 30.3 Å². The molecule has 0 unspecified atom stereocenters. The number of nitrogens with two attached hydrogens (primary N) is 1. The van der Waals surface area contributed by atoms with Gasteiger partial charge in [0.15, 0.2) is 9.84 Å². The standard InChI is InChI=1S/C17H16BrNO4S/c1-10-2-8-13(9-3-10)24(22,23)15-14(17(15,19)16(20)21)11-4-6-12(18)7-5-11/h2-9,14-15H,19H2,1H3,(H,20,21)/t14-,15-,17-/m1/s1. The van der Waals surface area contributed by atoms with E-state index >= 15 is 0 Å². The number of carbonyl (C=O) groups is 1. The summed E-state index contributed by atoms with van der Waals surface area (Å²) < 4.78 is 26.7. The topological polar surface area (TPSA) is 97.5 Å². The number of aliphatic carboxylic acids is 1. The van der Waals surface area contributed by atoms with E-state index in [-0.39, 0.29) is 4.90 Å². The lowest BCUT2D eigenvalue weighted by Crippen LogP contribution is -2.39. The molecule has 0 aliphatic heterocycles. The summed E-state index contributed by atoms with van der Waals surface area (Å²) in [6.45, 7) is 1.85. The maximum atomic E-state index is 12.9. The Kier molecular flexibility index (Phi) is 4.06. The molecule has 0 bridgehead atoms. The van der Waals surface area contributed by atoms with Crippen LogP contribution in [0.4, 0.5) is 0 Å². The minimum atomic E-state index is -3.86. The lowest BCUT2D eigenvalue weighted by molar-refractivity contribution is -0.139. The summed E-state index contributed by atoms with van der Waals surface area (Å²) in [4.78, 5) is 11.8. The van der Waals surface area contributed by atoms with E-state index in [2.05, 4.69) is 15.9 Å². The molecule has 1 fully saturated rings. The molecule has 7 heteroatoms. The average Bonchev–Trinajstić information content (AvgIpc) is 3.17. The van der Waals surface area contributed by atoms with Crippen molar-refractivity contribution in [2.75, 3.05) is 0 Å². The van der Waals surface area contributed by atoms with E-state index in [1.165, 1.54) is 12.1 Å². The van der Waals surface area contributed by atoms with Crippen molar-refractivity contribution in [3.63, 3.8) is 0 Å². The highest BCUT2D eigenvalue weighted by Crippen LogP contribution is 2.55. The predicted octanol–water partition coefficient (Wildman–Crippen LogP) is 2.48. The van der Waals surface area contributed by atoms with Crippen LogP contribution in [-0.2, 0) is 14.6 Å². The first kappa shape index (κ1) is 17.1. The number of aryl methyl sites for hydroxylation is 1. The van der Waals surface area contributed by atoms with Gasteiger partial charge in [0.25, 0.3) is 0 Å². The molecule has 1 saturated carbocycles. The summed E-state index contributed by atoms with van der Waals surface area (Å²) in [5.74, 6) is -2.09. The number of halogens is 1. The number of carboxylic acid groups (broad SMARTS) is 1. The fraction of sp³-hybridized carbons (Fsp3) is 0.235. The van der Waals surface area contributed by atoms with Crippen molar-refractivity contribution in [1.82, 2.24) is 0 Å². The second-order valence-corrected chi connectivity index (χ2v) is 9.03. The molecule has 0 saturated heterocycles. The Morgan fingerprint density at radius 1 is 1.12 bits per heavy atom. The van der Waals surface area contributed by atoms with Gasteiger partial charge in [0.1, 0.15) is 10.8 Å². The monoisotopic (exact) mass is 409 g/mol. The fourth-order valence-corrected chi connectivity index (χ4v) is 5.56. The molecule has 24 heavy (non-hydrogen) atoms. The summed E-state index contributed by atoms with van der Waals surface area (Å²) >= 11 is 3.30. The van der Waals surface area contributed by atoms with E-state index in [1.54, 1.807) is 36.4 Å². The van der Waals surface area contributed by atoms with E-state index in [0.717, 1.165) is 10.0 Å². The summed E-state index contributed by atoms with van der Waals surface area (Å²) in [7, 11) is -3.86. The van der Waals surface area contributed by atoms with Crippen LogP contribution in [0.1, 0.15) is 17.0 Å². The van der Waals surface area contributed by atoms with E-state index in [1.807, 2.05) is 6.92 Å². The van der Waals surface area contributed by atoms with Crippen molar-refractivity contribution in [2.24, 2.45) is 5.73 Å². The summed E-state index contributed by atoms with van der Waals surface area (Å²) in [6.07, 6.45) is 0. The molecule has 1 aliphatic rings. The minimum Gasteiger partial charge on any atom is -0.480 e. The average molecular weight is 410 g/mol. The van der Waals surface area contributed by atoms with Gasteiger partial charge in [0.2, 0.25) is 0 Å². The van der Waals surface area contributed by atoms with Gasteiger partial charge in [-0.15, -0.1) is 0 Å². The summed E-state index contributed by atoms with van der Waals surface area (Å²) in [5.41, 5.74) is 5.71. The van der Waals surface area contributed by atoms with Gasteiger partial charge >= 0.3 is 5.97 Å². The molecule has 3 rings (SSSR count). The SMILES string of the molecule is Cc1ccc(S(=O)(=O)[C@@H]2[C@@H](c3ccc(Br)cc3)[C@]2(N)C(=O)O)cc1. The fourth-order valence-electron chi connectivity index (χ4n) is 3.06. The number of rotatable bonds is 4. The highest BCUT2D eigenvalue weighted by molar-refractivity contribution is 9.10. The van der Waals surface area contributed by atoms with E-state index in [4.69, 9.17) is 5.73 Å². The molecule has 3 atom stereocenters. The molecule has 5 nitrogen and oxygen atoms in total. The van der Waals surface area contributed by atoms with Gasteiger partial charge in [-0.2, -0.15) is 0 Å². The van der Waals surface area contributed by atoms with Gasteiger partial charge < -0.3 is 10.8 Å². The van der Waals surface area contributed by atoms with Crippen molar-refractivity contribution >= 4 is 31.7 Å². The molecule has 3 N–H and O–H groups in total. The Morgan fingerprint density at radius 2 is 1.67 bits per heavy atom. The van der Waals surface area contributed by atoms with Crippen LogP contribution in [0.5, 0.6) is 0 Å². The highest BCUT2D eigenvalue weighted by atomic mass is 79.9. The van der Waals surface area contributed by atoms with Gasteiger partial charge in [-0.05, 0) is 36.8 Å². The Balaban J connectivity index is 2.06. The van der Waals surface area contributed by atoms with E-state index in [9.17, 15) is 18.3 Å². The van der Waals surface area contributed by atoms with Gasteiger partial charge in [-0.3, -0.25) is 4.79 Å². The molecule has 0 spiro atoms. The smallest absolute Gasteiger partial charge is 0.325 e. The third kappa shape index (κ3) is 2.56. The third-order valence-corrected chi connectivity index (χ3v) is 7.25. The Labute approximate surface area is 148 Å². The van der Waals surface area contributed by atoms with E-state index < -0.39 is 32.5 Å². The van der Waals surface area contributed by atoms with Crippen LogP contribution in [0.15, 0.2) is 57.9 Å². The molecule has 0 radical (unpaired) electrons. The van der Waals surface area contributed by atoms with Crippen LogP contribution in [0.2, 0.25) is 0 Å². The number of carboxylic acids is 1.